The third-order valence-electron chi connectivity index (χ3n) is 5.11. The normalized spacial score (nSPS) is 12.0. The van der Waals surface area contributed by atoms with Crippen molar-refractivity contribution in [1.29, 1.82) is 0 Å². The zero-order valence-electron chi connectivity index (χ0n) is 19.5. The predicted molar refractivity (Wildman–Crippen MR) is 125 cm³/mol. The Morgan fingerprint density at radius 1 is 0.903 bits per heavy atom. The van der Waals surface area contributed by atoms with Gasteiger partial charge in [0.05, 0.1) is 6.61 Å². The molecule has 31 heavy (non-hydrogen) atoms. The maximum Gasteiger partial charge on any atom is 0.347 e. The quantitative estimate of drug-likeness (QED) is 0.358. The SMILES string of the molecule is CCCCOC(=O)[C@@H](C)Oc1ccc(C(=O)Nc2c(C(C)C)cccc2C(C)C)cc1. The molecule has 0 aliphatic rings. The van der Waals surface area contributed by atoms with E-state index in [1.54, 1.807) is 31.2 Å². The Balaban J connectivity index is 2.09. The summed E-state index contributed by atoms with van der Waals surface area (Å²) in [5, 5.41) is 3.11. The summed E-state index contributed by atoms with van der Waals surface area (Å²) in [7, 11) is 0. The van der Waals surface area contributed by atoms with Crippen LogP contribution in [0.4, 0.5) is 5.69 Å². The molecule has 0 radical (unpaired) electrons. The number of benzene rings is 2. The van der Waals surface area contributed by atoms with E-state index >= 15 is 0 Å². The highest BCUT2D eigenvalue weighted by Gasteiger charge is 2.18. The van der Waals surface area contributed by atoms with Gasteiger partial charge in [0.25, 0.3) is 5.91 Å². The maximum absolute atomic E-state index is 12.9. The summed E-state index contributed by atoms with van der Waals surface area (Å²) in [5.74, 6) is 0.545. The van der Waals surface area contributed by atoms with Crippen molar-refractivity contribution in [1.82, 2.24) is 0 Å². The van der Waals surface area contributed by atoms with E-state index in [4.69, 9.17) is 9.47 Å². The lowest BCUT2D eigenvalue weighted by molar-refractivity contribution is -0.151. The van der Waals surface area contributed by atoms with Gasteiger partial charge >= 0.3 is 5.97 Å². The number of carbonyl (C=O) groups excluding carboxylic acids is 2. The molecule has 0 aliphatic carbocycles. The van der Waals surface area contributed by atoms with E-state index in [1.165, 1.54) is 0 Å². The number of para-hydroxylation sites is 1. The van der Waals surface area contributed by atoms with Crippen LogP contribution in [0, 0.1) is 0 Å². The third-order valence-corrected chi connectivity index (χ3v) is 5.11. The van der Waals surface area contributed by atoms with Gasteiger partial charge in [-0.15, -0.1) is 0 Å². The third kappa shape index (κ3) is 6.84. The molecule has 0 unspecified atom stereocenters. The minimum Gasteiger partial charge on any atom is -0.479 e. The second-order valence-electron chi connectivity index (χ2n) is 8.38. The van der Waals surface area contributed by atoms with E-state index in [-0.39, 0.29) is 11.9 Å². The van der Waals surface area contributed by atoms with Gasteiger partial charge in [-0.1, -0.05) is 59.2 Å². The van der Waals surface area contributed by atoms with Crippen molar-refractivity contribution in [2.45, 2.75) is 72.3 Å². The number of hydrogen-bond acceptors (Lipinski definition) is 4. The van der Waals surface area contributed by atoms with Crippen LogP contribution in [0.15, 0.2) is 42.5 Å². The molecule has 0 fully saturated rings. The highest BCUT2D eigenvalue weighted by Crippen LogP contribution is 2.32. The molecule has 168 valence electrons. The smallest absolute Gasteiger partial charge is 0.347 e. The van der Waals surface area contributed by atoms with Gasteiger partial charge in [-0.3, -0.25) is 4.79 Å². The van der Waals surface area contributed by atoms with Crippen molar-refractivity contribution in [2.75, 3.05) is 11.9 Å². The van der Waals surface area contributed by atoms with E-state index < -0.39 is 6.10 Å². The first-order chi connectivity index (χ1) is 14.7. The van der Waals surface area contributed by atoms with Crippen LogP contribution in [0.1, 0.15) is 87.7 Å². The predicted octanol–water partition coefficient (Wildman–Crippen LogP) is 6.30. The highest BCUT2D eigenvalue weighted by molar-refractivity contribution is 6.05. The molecule has 5 heteroatoms. The monoisotopic (exact) mass is 425 g/mol. The molecule has 0 heterocycles. The second-order valence-corrected chi connectivity index (χ2v) is 8.38. The molecule has 2 rings (SSSR count). The molecule has 2 aromatic carbocycles. The number of esters is 1. The molecule has 5 nitrogen and oxygen atoms in total. The number of ether oxygens (including phenoxy) is 2. The average Bonchev–Trinajstić information content (AvgIpc) is 2.74. The molecule has 0 saturated carbocycles. The first-order valence-electron chi connectivity index (χ1n) is 11.1. The van der Waals surface area contributed by atoms with Crippen LogP contribution in [0.2, 0.25) is 0 Å². The van der Waals surface area contributed by atoms with E-state index in [9.17, 15) is 9.59 Å². The number of unbranched alkanes of at least 4 members (excludes halogenated alkanes) is 1. The summed E-state index contributed by atoms with van der Waals surface area (Å²) in [6.45, 7) is 12.6. The summed E-state index contributed by atoms with van der Waals surface area (Å²) in [5.41, 5.74) is 3.66. The molecule has 2 aromatic rings. The van der Waals surface area contributed by atoms with Crippen LogP contribution in [0.5, 0.6) is 5.75 Å². The van der Waals surface area contributed by atoms with Crippen LogP contribution < -0.4 is 10.1 Å². The zero-order valence-corrected chi connectivity index (χ0v) is 19.5. The van der Waals surface area contributed by atoms with Crippen LogP contribution in [-0.4, -0.2) is 24.6 Å². The van der Waals surface area contributed by atoms with Crippen molar-refractivity contribution < 1.29 is 19.1 Å². The van der Waals surface area contributed by atoms with Crippen LogP contribution in [0.3, 0.4) is 0 Å². The zero-order chi connectivity index (χ0) is 23.0. The maximum atomic E-state index is 12.9. The Bertz CT molecular complexity index is 845. The van der Waals surface area contributed by atoms with Crippen molar-refractivity contribution in [3.63, 3.8) is 0 Å². The van der Waals surface area contributed by atoms with Crippen molar-refractivity contribution in [3.05, 3.63) is 59.2 Å². The Kier molecular flexibility index (Phi) is 9.10. The Labute approximate surface area is 186 Å². The summed E-state index contributed by atoms with van der Waals surface area (Å²) in [6.07, 6.45) is 1.09. The Morgan fingerprint density at radius 2 is 1.48 bits per heavy atom. The molecule has 0 spiro atoms. The fourth-order valence-corrected chi connectivity index (χ4v) is 3.25. The van der Waals surface area contributed by atoms with Gasteiger partial charge in [0.2, 0.25) is 0 Å². The largest absolute Gasteiger partial charge is 0.479 e. The summed E-state index contributed by atoms with van der Waals surface area (Å²) in [6, 6.07) is 13.0. The highest BCUT2D eigenvalue weighted by atomic mass is 16.6. The summed E-state index contributed by atoms with van der Waals surface area (Å²) < 4.78 is 10.8. The van der Waals surface area contributed by atoms with E-state index in [1.807, 2.05) is 13.0 Å². The first-order valence-corrected chi connectivity index (χ1v) is 11.1. The molecule has 0 saturated heterocycles. The molecule has 1 amide bonds. The fourth-order valence-electron chi connectivity index (χ4n) is 3.25. The second kappa shape index (κ2) is 11.5. The number of nitrogens with one attached hydrogen (secondary N) is 1. The lowest BCUT2D eigenvalue weighted by atomic mass is 9.92. The van der Waals surface area contributed by atoms with Crippen molar-refractivity contribution >= 4 is 17.6 Å². The minimum absolute atomic E-state index is 0.173. The first kappa shape index (κ1) is 24.4. The molecular formula is C26H35NO4. The topological polar surface area (TPSA) is 64.6 Å². The van der Waals surface area contributed by atoms with Gasteiger partial charge in [-0.05, 0) is 60.6 Å². The van der Waals surface area contributed by atoms with E-state index in [0.29, 0.717) is 29.8 Å². The van der Waals surface area contributed by atoms with Crippen molar-refractivity contribution in [3.8, 4) is 5.75 Å². The van der Waals surface area contributed by atoms with E-state index in [0.717, 1.165) is 29.7 Å². The molecular weight excluding hydrogens is 390 g/mol. The number of hydrogen-bond donors (Lipinski definition) is 1. The van der Waals surface area contributed by atoms with Gasteiger partial charge in [0.15, 0.2) is 6.10 Å². The molecule has 0 bridgehead atoms. The van der Waals surface area contributed by atoms with Gasteiger partial charge in [0, 0.05) is 11.3 Å². The van der Waals surface area contributed by atoms with E-state index in [2.05, 4.69) is 45.1 Å². The molecule has 1 atom stereocenters. The average molecular weight is 426 g/mol. The molecule has 1 N–H and O–H groups in total. The number of anilines is 1. The summed E-state index contributed by atoms with van der Waals surface area (Å²) in [4.78, 5) is 24.9. The van der Waals surface area contributed by atoms with Crippen LogP contribution in [0.25, 0.3) is 0 Å². The van der Waals surface area contributed by atoms with Gasteiger partial charge < -0.3 is 14.8 Å². The van der Waals surface area contributed by atoms with Crippen LogP contribution >= 0.6 is 0 Å². The Hall–Kier alpha value is -2.82. The standard InChI is InChI=1S/C26H35NO4/c1-7-8-16-30-26(29)19(6)31-21-14-12-20(13-15-21)25(28)27-24-22(17(2)3)10-9-11-23(24)18(4)5/h9-15,17-19H,7-8,16H2,1-6H3,(H,27,28)/t19-/m1/s1. The Morgan fingerprint density at radius 3 is 2.00 bits per heavy atom. The molecule has 0 aromatic heterocycles. The lowest BCUT2D eigenvalue weighted by Gasteiger charge is -2.20. The van der Waals surface area contributed by atoms with Gasteiger partial charge in [-0.2, -0.15) is 0 Å². The summed E-state index contributed by atoms with van der Waals surface area (Å²) >= 11 is 0. The minimum atomic E-state index is -0.706. The number of rotatable bonds is 10. The van der Waals surface area contributed by atoms with Crippen LogP contribution in [-0.2, 0) is 9.53 Å². The fraction of sp³-hybridized carbons (Fsp3) is 0.462. The number of carbonyl (C=O) groups is 2. The van der Waals surface area contributed by atoms with Crippen molar-refractivity contribution in [2.24, 2.45) is 0 Å². The van der Waals surface area contributed by atoms with Gasteiger partial charge in [0.1, 0.15) is 5.75 Å². The number of amides is 1. The molecule has 0 aliphatic heterocycles. The van der Waals surface area contributed by atoms with Gasteiger partial charge in [-0.25, -0.2) is 4.79 Å². The lowest BCUT2D eigenvalue weighted by Crippen LogP contribution is -2.26.